The molecule has 7 nitrogen and oxygen atoms in total. The van der Waals surface area contributed by atoms with Gasteiger partial charge in [0.15, 0.2) is 0 Å². The second kappa shape index (κ2) is 8.97. The van der Waals surface area contributed by atoms with Gasteiger partial charge in [0.1, 0.15) is 5.82 Å². The molecule has 0 fully saturated rings. The molecular formula is C22H22N4O3. The molecule has 1 aromatic heterocycles. The lowest BCUT2D eigenvalue weighted by Crippen LogP contribution is -2.09. The third-order valence-corrected chi connectivity index (χ3v) is 4.36. The van der Waals surface area contributed by atoms with Crippen molar-refractivity contribution in [3.05, 3.63) is 94.1 Å². The van der Waals surface area contributed by atoms with Gasteiger partial charge in [0.25, 0.3) is 5.69 Å². The Bertz CT molecular complexity index is 1050. The molecule has 0 unspecified atom stereocenters. The first-order chi connectivity index (χ1) is 13.9. The number of carbonyl (C=O) groups excluding carboxylic acids is 1. The number of aromatic nitrogens is 2. The summed E-state index contributed by atoms with van der Waals surface area (Å²) in [5.41, 5.74) is 2.03. The van der Waals surface area contributed by atoms with Crippen molar-refractivity contribution >= 4 is 23.4 Å². The SMILES string of the molecule is CC(C)c1nccn1Cc1cccc(NC(=O)/C=C/c2ccccc2[N+](=O)[O-])c1. The predicted molar refractivity (Wildman–Crippen MR) is 113 cm³/mol. The Kier molecular flexibility index (Phi) is 6.19. The summed E-state index contributed by atoms with van der Waals surface area (Å²) >= 11 is 0. The number of hydrogen-bond donors (Lipinski definition) is 1. The number of benzene rings is 2. The van der Waals surface area contributed by atoms with E-state index < -0.39 is 4.92 Å². The van der Waals surface area contributed by atoms with Crippen LogP contribution in [-0.4, -0.2) is 20.4 Å². The van der Waals surface area contributed by atoms with E-state index in [1.807, 2.05) is 24.4 Å². The van der Waals surface area contributed by atoms with Gasteiger partial charge in [-0.2, -0.15) is 0 Å². The molecule has 0 saturated heterocycles. The number of nitro benzene ring substituents is 1. The molecule has 0 aliphatic carbocycles. The fourth-order valence-electron chi connectivity index (χ4n) is 3.04. The van der Waals surface area contributed by atoms with Gasteiger partial charge in [0.05, 0.1) is 10.5 Å². The molecule has 7 heteroatoms. The lowest BCUT2D eigenvalue weighted by Gasteiger charge is -2.11. The Morgan fingerprint density at radius 2 is 2.03 bits per heavy atom. The van der Waals surface area contributed by atoms with Gasteiger partial charge in [-0.05, 0) is 29.8 Å². The fraction of sp³-hybridized carbons (Fsp3) is 0.182. The van der Waals surface area contributed by atoms with Crippen molar-refractivity contribution in [2.24, 2.45) is 0 Å². The quantitative estimate of drug-likeness (QED) is 0.362. The Hall–Kier alpha value is -3.74. The maximum absolute atomic E-state index is 12.3. The molecule has 1 amide bonds. The second-order valence-electron chi connectivity index (χ2n) is 6.91. The largest absolute Gasteiger partial charge is 0.330 e. The van der Waals surface area contributed by atoms with E-state index in [0.29, 0.717) is 23.7 Å². The van der Waals surface area contributed by atoms with Gasteiger partial charge in [-0.15, -0.1) is 0 Å². The van der Waals surface area contributed by atoms with E-state index in [9.17, 15) is 14.9 Å². The Morgan fingerprint density at radius 3 is 2.79 bits per heavy atom. The van der Waals surface area contributed by atoms with E-state index in [4.69, 9.17) is 0 Å². The molecule has 3 rings (SSSR count). The van der Waals surface area contributed by atoms with Gasteiger partial charge >= 0.3 is 0 Å². The number of carbonyl (C=O) groups is 1. The lowest BCUT2D eigenvalue weighted by atomic mass is 10.1. The van der Waals surface area contributed by atoms with Crippen molar-refractivity contribution in [1.82, 2.24) is 9.55 Å². The van der Waals surface area contributed by atoms with Crippen LogP contribution in [0.1, 0.15) is 36.7 Å². The molecule has 29 heavy (non-hydrogen) atoms. The highest BCUT2D eigenvalue weighted by molar-refractivity contribution is 6.02. The standard InChI is InChI=1S/C22H22N4O3/c1-16(2)22-23-12-13-25(22)15-17-6-5-8-19(14-17)24-21(27)11-10-18-7-3-4-9-20(18)26(28)29/h3-14,16H,15H2,1-2H3,(H,24,27)/b11-10+. The van der Waals surface area contributed by atoms with Crippen LogP contribution in [0.5, 0.6) is 0 Å². The maximum atomic E-state index is 12.3. The molecule has 0 atom stereocenters. The molecule has 0 saturated carbocycles. The van der Waals surface area contributed by atoms with Crippen LogP contribution >= 0.6 is 0 Å². The third kappa shape index (κ3) is 5.16. The van der Waals surface area contributed by atoms with E-state index in [-0.39, 0.29) is 11.6 Å². The summed E-state index contributed by atoms with van der Waals surface area (Å²) < 4.78 is 2.08. The second-order valence-corrected chi connectivity index (χ2v) is 6.91. The molecule has 1 N–H and O–H groups in total. The number of amides is 1. The van der Waals surface area contributed by atoms with E-state index in [0.717, 1.165) is 11.4 Å². The highest BCUT2D eigenvalue weighted by Crippen LogP contribution is 2.19. The van der Waals surface area contributed by atoms with Gasteiger partial charge in [-0.3, -0.25) is 14.9 Å². The predicted octanol–water partition coefficient (Wildman–Crippen LogP) is 4.61. The summed E-state index contributed by atoms with van der Waals surface area (Å²) in [6.45, 7) is 4.85. The number of nitrogens with zero attached hydrogens (tertiary/aromatic N) is 3. The molecule has 0 spiro atoms. The van der Waals surface area contributed by atoms with Gasteiger partial charge in [-0.1, -0.05) is 38.1 Å². The average Bonchev–Trinajstić information content (AvgIpc) is 3.15. The van der Waals surface area contributed by atoms with Crippen molar-refractivity contribution in [2.75, 3.05) is 5.32 Å². The van der Waals surface area contributed by atoms with Gasteiger partial charge < -0.3 is 9.88 Å². The van der Waals surface area contributed by atoms with Crippen LogP contribution in [0.25, 0.3) is 6.08 Å². The smallest absolute Gasteiger partial charge is 0.276 e. The highest BCUT2D eigenvalue weighted by Gasteiger charge is 2.10. The molecular weight excluding hydrogens is 368 g/mol. The van der Waals surface area contributed by atoms with E-state index in [1.165, 1.54) is 18.2 Å². The molecule has 0 radical (unpaired) electrons. The Balaban J connectivity index is 1.69. The molecule has 0 aliphatic heterocycles. The number of nitrogens with one attached hydrogen (secondary N) is 1. The summed E-state index contributed by atoms with van der Waals surface area (Å²) in [5, 5.41) is 13.9. The Morgan fingerprint density at radius 1 is 1.24 bits per heavy atom. The molecule has 1 heterocycles. The first kappa shape index (κ1) is 20.0. The topological polar surface area (TPSA) is 90.1 Å². The van der Waals surface area contributed by atoms with E-state index >= 15 is 0 Å². The summed E-state index contributed by atoms with van der Waals surface area (Å²) in [5.74, 6) is 0.970. The number of anilines is 1. The number of imidazole rings is 1. The van der Waals surface area contributed by atoms with Gasteiger partial charge in [0, 0.05) is 42.7 Å². The Labute approximate surface area is 168 Å². The van der Waals surface area contributed by atoms with Crippen LogP contribution < -0.4 is 5.32 Å². The highest BCUT2D eigenvalue weighted by atomic mass is 16.6. The molecule has 2 aromatic carbocycles. The zero-order valence-electron chi connectivity index (χ0n) is 16.3. The van der Waals surface area contributed by atoms with Crippen LogP contribution in [0.4, 0.5) is 11.4 Å². The van der Waals surface area contributed by atoms with Crippen molar-refractivity contribution in [3.8, 4) is 0 Å². The number of rotatable bonds is 7. The van der Waals surface area contributed by atoms with Crippen molar-refractivity contribution in [2.45, 2.75) is 26.3 Å². The summed E-state index contributed by atoms with van der Waals surface area (Å²) in [7, 11) is 0. The average molecular weight is 390 g/mol. The zero-order chi connectivity index (χ0) is 20.8. The van der Waals surface area contributed by atoms with Crippen LogP contribution in [0.2, 0.25) is 0 Å². The third-order valence-electron chi connectivity index (χ3n) is 4.36. The molecule has 3 aromatic rings. The maximum Gasteiger partial charge on any atom is 0.276 e. The van der Waals surface area contributed by atoms with Gasteiger partial charge in [-0.25, -0.2) is 4.98 Å². The normalized spacial score (nSPS) is 11.1. The summed E-state index contributed by atoms with van der Waals surface area (Å²) in [6, 6.07) is 13.9. The van der Waals surface area contributed by atoms with Gasteiger partial charge in [0.2, 0.25) is 5.91 Å². The minimum Gasteiger partial charge on any atom is -0.330 e. The number of nitro groups is 1. The fourth-order valence-corrected chi connectivity index (χ4v) is 3.04. The first-order valence-electron chi connectivity index (χ1n) is 9.26. The summed E-state index contributed by atoms with van der Waals surface area (Å²) in [6.07, 6.45) is 6.46. The minimum absolute atomic E-state index is 0.0418. The van der Waals surface area contributed by atoms with Crippen LogP contribution in [0.15, 0.2) is 67.0 Å². The van der Waals surface area contributed by atoms with Crippen LogP contribution in [0.3, 0.4) is 0 Å². The molecule has 148 valence electrons. The number of para-hydroxylation sites is 1. The van der Waals surface area contributed by atoms with E-state index in [1.54, 1.807) is 30.5 Å². The molecule has 0 bridgehead atoms. The zero-order valence-corrected chi connectivity index (χ0v) is 16.3. The van der Waals surface area contributed by atoms with Crippen LogP contribution in [-0.2, 0) is 11.3 Å². The lowest BCUT2D eigenvalue weighted by molar-refractivity contribution is -0.385. The van der Waals surface area contributed by atoms with Crippen molar-refractivity contribution in [3.63, 3.8) is 0 Å². The summed E-state index contributed by atoms with van der Waals surface area (Å²) in [4.78, 5) is 27.2. The van der Waals surface area contributed by atoms with Crippen LogP contribution in [0, 0.1) is 10.1 Å². The minimum atomic E-state index is -0.470. The molecule has 0 aliphatic rings. The monoisotopic (exact) mass is 390 g/mol. The first-order valence-corrected chi connectivity index (χ1v) is 9.26. The van der Waals surface area contributed by atoms with E-state index in [2.05, 4.69) is 28.7 Å². The van der Waals surface area contributed by atoms with Crippen molar-refractivity contribution in [1.29, 1.82) is 0 Å². The number of hydrogen-bond acceptors (Lipinski definition) is 4. The van der Waals surface area contributed by atoms with Crippen molar-refractivity contribution < 1.29 is 9.72 Å².